The molecule has 0 aromatic heterocycles. The highest BCUT2D eigenvalue weighted by molar-refractivity contribution is 5.79. The Balaban J connectivity index is 2.49. The highest BCUT2D eigenvalue weighted by Gasteiger charge is 2.26. The summed E-state index contributed by atoms with van der Waals surface area (Å²) in [4.78, 5) is 12.0. The van der Waals surface area contributed by atoms with Crippen LogP contribution in [0.3, 0.4) is 0 Å². The van der Waals surface area contributed by atoms with Crippen molar-refractivity contribution < 1.29 is 4.79 Å². The molecule has 0 saturated heterocycles. The molecule has 18 heavy (non-hydrogen) atoms. The van der Waals surface area contributed by atoms with Crippen molar-refractivity contribution in [3.05, 3.63) is 35.9 Å². The molecule has 2 atom stereocenters. The minimum Gasteiger partial charge on any atom is -0.354 e. The van der Waals surface area contributed by atoms with E-state index < -0.39 is 0 Å². The normalized spacial score (nSPS) is 14.9. The van der Waals surface area contributed by atoms with Crippen molar-refractivity contribution >= 4 is 5.91 Å². The summed E-state index contributed by atoms with van der Waals surface area (Å²) in [6, 6.07) is 9.66. The largest absolute Gasteiger partial charge is 0.354 e. The third kappa shape index (κ3) is 4.15. The summed E-state index contributed by atoms with van der Waals surface area (Å²) >= 11 is 0. The Labute approximate surface area is 110 Å². The van der Waals surface area contributed by atoms with Gasteiger partial charge in [0.15, 0.2) is 0 Å². The van der Waals surface area contributed by atoms with Crippen LogP contribution in [0.15, 0.2) is 30.3 Å². The van der Waals surface area contributed by atoms with Crippen LogP contribution in [0.25, 0.3) is 0 Å². The van der Waals surface area contributed by atoms with Gasteiger partial charge in [0.1, 0.15) is 0 Å². The predicted molar refractivity (Wildman–Crippen MR) is 75.0 cm³/mol. The van der Waals surface area contributed by atoms with Gasteiger partial charge in [0.05, 0.1) is 0 Å². The Bertz CT molecular complexity index is 381. The molecule has 0 heterocycles. The van der Waals surface area contributed by atoms with Crippen molar-refractivity contribution in [3.8, 4) is 0 Å². The van der Waals surface area contributed by atoms with Crippen LogP contribution < -0.4 is 11.1 Å². The van der Waals surface area contributed by atoms with Crippen LogP contribution in [0.1, 0.15) is 39.3 Å². The zero-order valence-electron chi connectivity index (χ0n) is 11.7. The van der Waals surface area contributed by atoms with E-state index in [1.54, 1.807) is 0 Å². The van der Waals surface area contributed by atoms with Gasteiger partial charge in [0.25, 0.3) is 0 Å². The fourth-order valence-corrected chi connectivity index (χ4v) is 1.58. The highest BCUT2D eigenvalue weighted by atomic mass is 16.1. The van der Waals surface area contributed by atoms with Gasteiger partial charge in [-0.25, -0.2) is 0 Å². The van der Waals surface area contributed by atoms with Crippen LogP contribution in [-0.4, -0.2) is 12.5 Å². The molecular weight excluding hydrogens is 224 g/mol. The minimum absolute atomic E-state index is 0.0269. The lowest BCUT2D eigenvalue weighted by molar-refractivity contribution is -0.127. The van der Waals surface area contributed by atoms with E-state index in [0.29, 0.717) is 6.54 Å². The molecule has 0 fully saturated rings. The van der Waals surface area contributed by atoms with Gasteiger partial charge < -0.3 is 11.1 Å². The first-order chi connectivity index (χ1) is 8.32. The van der Waals surface area contributed by atoms with Crippen LogP contribution in [0.4, 0.5) is 0 Å². The molecule has 3 nitrogen and oxygen atoms in total. The molecule has 100 valence electrons. The van der Waals surface area contributed by atoms with Crippen molar-refractivity contribution in [2.45, 2.75) is 33.7 Å². The standard InChI is InChI=1S/C15H24N2O/c1-11(15(2,3)4)14(18)17-10-13(16)12-8-6-5-7-9-12/h5-9,11,13H,10,16H2,1-4H3,(H,17,18). The number of nitrogens with one attached hydrogen (secondary N) is 1. The van der Waals surface area contributed by atoms with Gasteiger partial charge >= 0.3 is 0 Å². The minimum atomic E-state index is -0.151. The second kappa shape index (κ2) is 6.01. The molecule has 1 amide bonds. The topological polar surface area (TPSA) is 55.1 Å². The monoisotopic (exact) mass is 248 g/mol. The molecule has 0 spiro atoms. The van der Waals surface area contributed by atoms with Crippen molar-refractivity contribution in [2.24, 2.45) is 17.1 Å². The molecule has 3 heteroatoms. The molecule has 0 bridgehead atoms. The summed E-state index contributed by atoms with van der Waals surface area (Å²) in [6.45, 7) is 8.61. The third-order valence-electron chi connectivity index (χ3n) is 3.42. The summed E-state index contributed by atoms with van der Waals surface area (Å²) in [7, 11) is 0. The molecule has 1 rings (SSSR count). The zero-order chi connectivity index (χ0) is 13.8. The Kier molecular flexibility index (Phi) is 4.91. The van der Waals surface area contributed by atoms with Gasteiger partial charge in [-0.2, -0.15) is 0 Å². The summed E-state index contributed by atoms with van der Waals surface area (Å²) in [5.74, 6) is 0.0364. The van der Waals surface area contributed by atoms with Crippen LogP contribution in [0.5, 0.6) is 0 Å². The SMILES string of the molecule is CC(C(=O)NCC(N)c1ccccc1)C(C)(C)C. The number of hydrogen-bond donors (Lipinski definition) is 2. The van der Waals surface area contributed by atoms with E-state index in [1.807, 2.05) is 37.3 Å². The van der Waals surface area contributed by atoms with Crippen LogP contribution in [0.2, 0.25) is 0 Å². The van der Waals surface area contributed by atoms with E-state index in [0.717, 1.165) is 5.56 Å². The molecule has 0 aliphatic carbocycles. The lowest BCUT2D eigenvalue weighted by Gasteiger charge is -2.26. The molecule has 0 radical (unpaired) electrons. The lowest BCUT2D eigenvalue weighted by atomic mass is 9.81. The van der Waals surface area contributed by atoms with Crippen LogP contribution >= 0.6 is 0 Å². The Morgan fingerprint density at radius 3 is 2.33 bits per heavy atom. The van der Waals surface area contributed by atoms with Gasteiger partial charge in [0, 0.05) is 18.5 Å². The number of rotatable bonds is 4. The predicted octanol–water partition coefficient (Wildman–Crippen LogP) is 2.48. The summed E-state index contributed by atoms with van der Waals surface area (Å²) < 4.78 is 0. The molecule has 1 aromatic rings. The van der Waals surface area contributed by atoms with Crippen molar-refractivity contribution in [1.82, 2.24) is 5.32 Å². The summed E-state index contributed by atoms with van der Waals surface area (Å²) in [5.41, 5.74) is 7.05. The smallest absolute Gasteiger partial charge is 0.223 e. The summed E-state index contributed by atoms with van der Waals surface area (Å²) in [5, 5.41) is 2.92. The quantitative estimate of drug-likeness (QED) is 0.860. The second-order valence-corrected chi connectivity index (χ2v) is 5.85. The molecule has 3 N–H and O–H groups in total. The first kappa shape index (κ1) is 14.7. The fraction of sp³-hybridized carbons (Fsp3) is 0.533. The number of amides is 1. The number of benzene rings is 1. The highest BCUT2D eigenvalue weighted by Crippen LogP contribution is 2.25. The van der Waals surface area contributed by atoms with Crippen molar-refractivity contribution in [3.63, 3.8) is 0 Å². The molecule has 2 unspecified atom stereocenters. The van der Waals surface area contributed by atoms with Crippen LogP contribution in [0, 0.1) is 11.3 Å². The maximum atomic E-state index is 12.0. The van der Waals surface area contributed by atoms with E-state index >= 15 is 0 Å². The van der Waals surface area contributed by atoms with E-state index in [-0.39, 0.29) is 23.3 Å². The average molecular weight is 248 g/mol. The first-order valence-electron chi connectivity index (χ1n) is 6.40. The maximum absolute atomic E-state index is 12.0. The number of hydrogen-bond acceptors (Lipinski definition) is 2. The van der Waals surface area contributed by atoms with E-state index in [9.17, 15) is 4.79 Å². The van der Waals surface area contributed by atoms with Gasteiger partial charge in [0.2, 0.25) is 5.91 Å². The number of nitrogens with two attached hydrogens (primary N) is 1. The average Bonchev–Trinajstić information content (AvgIpc) is 2.34. The van der Waals surface area contributed by atoms with E-state index in [1.165, 1.54) is 0 Å². The van der Waals surface area contributed by atoms with E-state index in [2.05, 4.69) is 26.1 Å². The number of carbonyl (C=O) groups is 1. The molecular formula is C15H24N2O. The number of carbonyl (C=O) groups excluding carboxylic acids is 1. The maximum Gasteiger partial charge on any atom is 0.223 e. The van der Waals surface area contributed by atoms with Gasteiger partial charge in [-0.3, -0.25) is 4.79 Å². The zero-order valence-corrected chi connectivity index (χ0v) is 11.7. The molecule has 0 aliphatic rings. The van der Waals surface area contributed by atoms with Gasteiger partial charge in [-0.15, -0.1) is 0 Å². The van der Waals surface area contributed by atoms with Crippen LogP contribution in [-0.2, 0) is 4.79 Å². The lowest BCUT2D eigenvalue weighted by Crippen LogP contribution is -2.39. The molecule has 0 aliphatic heterocycles. The Morgan fingerprint density at radius 1 is 1.28 bits per heavy atom. The Morgan fingerprint density at radius 2 is 1.83 bits per heavy atom. The second-order valence-electron chi connectivity index (χ2n) is 5.85. The molecule has 0 saturated carbocycles. The Hall–Kier alpha value is -1.35. The fourth-order valence-electron chi connectivity index (χ4n) is 1.58. The molecule has 1 aromatic carbocycles. The van der Waals surface area contributed by atoms with E-state index in [4.69, 9.17) is 5.73 Å². The first-order valence-corrected chi connectivity index (χ1v) is 6.40. The van der Waals surface area contributed by atoms with Crippen molar-refractivity contribution in [2.75, 3.05) is 6.54 Å². The summed E-state index contributed by atoms with van der Waals surface area (Å²) in [6.07, 6.45) is 0. The third-order valence-corrected chi connectivity index (χ3v) is 3.42. The van der Waals surface area contributed by atoms with Gasteiger partial charge in [-0.05, 0) is 11.0 Å². The van der Waals surface area contributed by atoms with Crippen molar-refractivity contribution in [1.29, 1.82) is 0 Å². The van der Waals surface area contributed by atoms with Gasteiger partial charge in [-0.1, -0.05) is 58.0 Å².